The van der Waals surface area contributed by atoms with Crippen molar-refractivity contribution in [3.05, 3.63) is 11.8 Å². The Bertz CT molecular complexity index is 164. The predicted molar refractivity (Wildman–Crippen MR) is 31.5 cm³/mol. The Morgan fingerprint density at radius 2 is 2.67 bits per heavy atom. The topological polar surface area (TPSA) is 52.6 Å². The zero-order valence-corrected chi connectivity index (χ0v) is 5.09. The maximum atomic E-state index is 10.2. The molecule has 0 aromatic heterocycles. The van der Waals surface area contributed by atoms with Crippen LogP contribution in [0, 0.1) is 0 Å². The van der Waals surface area contributed by atoms with Crippen LogP contribution in [-0.2, 0) is 4.79 Å². The molecule has 0 saturated carbocycles. The molecule has 1 rings (SSSR count). The number of carbonyl (C=O) groups is 1. The van der Waals surface area contributed by atoms with E-state index >= 15 is 0 Å². The summed E-state index contributed by atoms with van der Waals surface area (Å²) in [6.45, 7) is 0.654. The number of aliphatic carboxylic acids is 1. The molecule has 50 valence electrons. The van der Waals surface area contributed by atoms with E-state index in [1.54, 1.807) is 18.1 Å². The average Bonchev–Trinajstić information content (AvgIpc) is 2.14. The van der Waals surface area contributed by atoms with E-state index in [4.69, 9.17) is 5.11 Å². The molecule has 4 nitrogen and oxygen atoms in total. The molecule has 0 aromatic rings. The molecular formula is C5H8N2O2. The van der Waals surface area contributed by atoms with E-state index in [1.807, 2.05) is 0 Å². The third-order valence-corrected chi connectivity index (χ3v) is 1.11. The number of rotatable bonds is 1. The van der Waals surface area contributed by atoms with Crippen molar-refractivity contribution in [3.8, 4) is 0 Å². The van der Waals surface area contributed by atoms with Gasteiger partial charge >= 0.3 is 5.97 Å². The molecule has 0 atom stereocenters. The molecule has 9 heavy (non-hydrogen) atoms. The van der Waals surface area contributed by atoms with Gasteiger partial charge in [-0.2, -0.15) is 0 Å². The fourth-order valence-electron chi connectivity index (χ4n) is 0.660. The Morgan fingerprint density at radius 3 is 2.89 bits per heavy atom. The number of hydrazine groups is 1. The number of hydrogen-bond acceptors (Lipinski definition) is 3. The summed E-state index contributed by atoms with van der Waals surface area (Å²) in [5, 5.41) is 10.1. The van der Waals surface area contributed by atoms with Crippen LogP contribution in [0.5, 0.6) is 0 Å². The minimum Gasteiger partial charge on any atom is -0.477 e. The summed E-state index contributed by atoms with van der Waals surface area (Å²) in [6.07, 6.45) is 1.63. The minimum absolute atomic E-state index is 0.262. The molecule has 0 amide bonds. The number of carboxylic acid groups (broad SMARTS) is 1. The lowest BCUT2D eigenvalue weighted by Gasteiger charge is -2.07. The van der Waals surface area contributed by atoms with Crippen LogP contribution in [0.25, 0.3) is 0 Å². The van der Waals surface area contributed by atoms with Crippen molar-refractivity contribution in [2.75, 3.05) is 13.6 Å². The molecule has 4 heteroatoms. The average molecular weight is 128 g/mol. The van der Waals surface area contributed by atoms with E-state index in [0.29, 0.717) is 6.54 Å². The van der Waals surface area contributed by atoms with Gasteiger partial charge in [0.05, 0.1) is 0 Å². The van der Waals surface area contributed by atoms with Gasteiger partial charge in [-0.15, -0.1) is 0 Å². The third kappa shape index (κ3) is 1.20. The van der Waals surface area contributed by atoms with Gasteiger partial charge in [0.1, 0.15) is 5.70 Å². The van der Waals surface area contributed by atoms with Crippen molar-refractivity contribution in [3.63, 3.8) is 0 Å². The summed E-state index contributed by atoms with van der Waals surface area (Å²) in [5.41, 5.74) is 2.91. The van der Waals surface area contributed by atoms with Crippen LogP contribution in [-0.4, -0.2) is 29.7 Å². The first-order chi connectivity index (χ1) is 4.20. The first-order valence-electron chi connectivity index (χ1n) is 2.61. The maximum Gasteiger partial charge on any atom is 0.353 e. The van der Waals surface area contributed by atoms with Crippen molar-refractivity contribution in [1.29, 1.82) is 0 Å². The normalized spacial score (nSPS) is 19.0. The quantitative estimate of drug-likeness (QED) is 0.495. The number of carboxylic acids is 1. The smallest absolute Gasteiger partial charge is 0.353 e. The first kappa shape index (κ1) is 6.10. The summed E-state index contributed by atoms with van der Waals surface area (Å²) in [6, 6.07) is 0. The molecule has 0 unspecified atom stereocenters. The largest absolute Gasteiger partial charge is 0.477 e. The summed E-state index contributed by atoms with van der Waals surface area (Å²) < 4.78 is 0. The molecule has 1 heterocycles. The van der Waals surface area contributed by atoms with Gasteiger partial charge < -0.3 is 10.5 Å². The lowest BCUT2D eigenvalue weighted by atomic mass is 10.4. The minimum atomic E-state index is -0.903. The van der Waals surface area contributed by atoms with Crippen molar-refractivity contribution in [2.24, 2.45) is 0 Å². The van der Waals surface area contributed by atoms with Gasteiger partial charge in [0.15, 0.2) is 0 Å². The second kappa shape index (κ2) is 2.06. The Hall–Kier alpha value is -1.03. The van der Waals surface area contributed by atoms with Gasteiger partial charge in [-0.25, -0.2) is 9.80 Å². The number of nitrogens with zero attached hydrogens (tertiary/aromatic N) is 1. The molecule has 0 fully saturated rings. The van der Waals surface area contributed by atoms with Crippen molar-refractivity contribution < 1.29 is 9.90 Å². The number of hydrogen-bond donors (Lipinski definition) is 2. The molecule has 0 spiro atoms. The van der Waals surface area contributed by atoms with E-state index in [1.165, 1.54) is 0 Å². The van der Waals surface area contributed by atoms with E-state index in [-0.39, 0.29) is 5.70 Å². The van der Waals surface area contributed by atoms with Crippen molar-refractivity contribution >= 4 is 5.97 Å². The van der Waals surface area contributed by atoms with Crippen molar-refractivity contribution in [2.45, 2.75) is 0 Å². The molecule has 0 aromatic carbocycles. The molecule has 0 bridgehead atoms. The Labute approximate surface area is 52.7 Å². The van der Waals surface area contributed by atoms with Gasteiger partial charge in [0.25, 0.3) is 0 Å². The van der Waals surface area contributed by atoms with Crippen LogP contribution in [0.15, 0.2) is 11.8 Å². The molecule has 0 radical (unpaired) electrons. The van der Waals surface area contributed by atoms with E-state index in [9.17, 15) is 4.79 Å². The van der Waals surface area contributed by atoms with Gasteiger partial charge in [-0.05, 0) is 6.08 Å². The predicted octanol–water partition coefficient (Wildman–Crippen LogP) is -0.595. The monoisotopic (exact) mass is 128 g/mol. The summed E-state index contributed by atoms with van der Waals surface area (Å²) in [4.78, 5) is 10.2. The van der Waals surface area contributed by atoms with Crippen LogP contribution in [0.4, 0.5) is 0 Å². The van der Waals surface area contributed by atoms with Crippen LogP contribution in [0.1, 0.15) is 0 Å². The molecule has 0 aliphatic carbocycles. The number of nitrogens with one attached hydrogen (secondary N) is 1. The van der Waals surface area contributed by atoms with Gasteiger partial charge in [0.2, 0.25) is 0 Å². The Balaban J connectivity index is 2.55. The van der Waals surface area contributed by atoms with Gasteiger partial charge in [0, 0.05) is 13.6 Å². The number of likely N-dealkylation sites (N-methyl/N-ethyl adjacent to an activating group) is 1. The summed E-state index contributed by atoms with van der Waals surface area (Å²) in [5.74, 6) is -0.903. The molecule has 0 saturated heterocycles. The lowest BCUT2D eigenvalue weighted by Crippen LogP contribution is -2.29. The van der Waals surface area contributed by atoms with Gasteiger partial charge in [-0.3, -0.25) is 0 Å². The van der Waals surface area contributed by atoms with Crippen LogP contribution in [0.2, 0.25) is 0 Å². The van der Waals surface area contributed by atoms with Crippen molar-refractivity contribution in [1.82, 2.24) is 10.4 Å². The second-order valence-corrected chi connectivity index (χ2v) is 1.92. The highest BCUT2D eigenvalue weighted by atomic mass is 16.4. The summed E-state index contributed by atoms with van der Waals surface area (Å²) >= 11 is 0. The van der Waals surface area contributed by atoms with E-state index < -0.39 is 5.97 Å². The highest BCUT2D eigenvalue weighted by Gasteiger charge is 2.13. The second-order valence-electron chi connectivity index (χ2n) is 1.92. The van der Waals surface area contributed by atoms with E-state index in [2.05, 4.69) is 5.43 Å². The fourth-order valence-corrected chi connectivity index (χ4v) is 0.660. The molecule has 1 aliphatic heterocycles. The van der Waals surface area contributed by atoms with E-state index in [0.717, 1.165) is 0 Å². The highest BCUT2D eigenvalue weighted by molar-refractivity contribution is 5.86. The van der Waals surface area contributed by atoms with Crippen LogP contribution >= 0.6 is 0 Å². The first-order valence-corrected chi connectivity index (χ1v) is 2.61. The zero-order valence-electron chi connectivity index (χ0n) is 5.09. The molecule has 1 aliphatic rings. The Morgan fingerprint density at radius 1 is 2.00 bits per heavy atom. The highest BCUT2D eigenvalue weighted by Crippen LogP contribution is 1.98. The summed E-state index contributed by atoms with van der Waals surface area (Å²) in [7, 11) is 1.78. The lowest BCUT2D eigenvalue weighted by molar-refractivity contribution is -0.133. The SMILES string of the molecule is CN1CC=C(C(=O)O)N1. The molecular weight excluding hydrogens is 120 g/mol. The zero-order chi connectivity index (χ0) is 6.85. The third-order valence-electron chi connectivity index (χ3n) is 1.11. The van der Waals surface area contributed by atoms with Crippen LogP contribution < -0.4 is 5.43 Å². The standard InChI is InChI=1S/C5H8N2O2/c1-7-3-2-4(6-7)5(8)9/h2,6H,3H2,1H3,(H,8,9). The van der Waals surface area contributed by atoms with Crippen LogP contribution in [0.3, 0.4) is 0 Å². The maximum absolute atomic E-state index is 10.2. The Kier molecular flexibility index (Phi) is 1.40. The van der Waals surface area contributed by atoms with Gasteiger partial charge in [-0.1, -0.05) is 0 Å². The molecule has 2 N–H and O–H groups in total. The fraction of sp³-hybridized carbons (Fsp3) is 0.400.